The molecule has 2 spiro atoms. The van der Waals surface area contributed by atoms with E-state index >= 15 is 0 Å². The third-order valence-corrected chi connectivity index (χ3v) is 7.43. The van der Waals surface area contributed by atoms with E-state index in [-0.39, 0.29) is 18.3 Å². The van der Waals surface area contributed by atoms with Gasteiger partial charge in [-0.1, -0.05) is 26.5 Å². The standard InChI is InChI=1S/C20H24O5/c1-11-12-4-5-13-19(8-12,16(11)23)17(24)25-10-20(13)14(9-21)18(2,3)7-6-15(20)22/h6-7,9,12-14,16,23H,1,4-5,8,10H2,2-3H3/t12-,13?,14?,16-,19+,20?/m1/s1. The lowest BCUT2D eigenvalue weighted by Gasteiger charge is -2.58. The van der Waals surface area contributed by atoms with Crippen LogP contribution >= 0.6 is 0 Å². The Hall–Kier alpha value is -1.75. The van der Waals surface area contributed by atoms with Crippen molar-refractivity contribution in [2.24, 2.45) is 34.0 Å². The van der Waals surface area contributed by atoms with Crippen molar-refractivity contribution in [3.8, 4) is 0 Å². The van der Waals surface area contributed by atoms with Crippen LogP contribution in [0.15, 0.2) is 24.3 Å². The van der Waals surface area contributed by atoms with Crippen molar-refractivity contribution in [2.45, 2.75) is 39.2 Å². The molecule has 0 aromatic rings. The lowest BCUT2D eigenvalue weighted by atomic mass is 9.46. The molecule has 4 aliphatic rings. The highest BCUT2D eigenvalue weighted by molar-refractivity contribution is 6.00. The quantitative estimate of drug-likeness (QED) is 0.446. The molecular weight excluding hydrogens is 320 g/mol. The van der Waals surface area contributed by atoms with Crippen molar-refractivity contribution in [1.29, 1.82) is 0 Å². The summed E-state index contributed by atoms with van der Waals surface area (Å²) in [6.07, 6.45) is 5.00. The first kappa shape index (κ1) is 16.7. The zero-order valence-electron chi connectivity index (χ0n) is 14.7. The number of esters is 1. The Morgan fingerprint density at radius 1 is 1.28 bits per heavy atom. The summed E-state index contributed by atoms with van der Waals surface area (Å²) in [5.74, 6) is -1.53. The van der Waals surface area contributed by atoms with Gasteiger partial charge in [0.15, 0.2) is 5.78 Å². The second-order valence-corrected chi connectivity index (χ2v) is 8.80. The number of allylic oxidation sites excluding steroid dienone is 2. The second kappa shape index (κ2) is 4.91. The van der Waals surface area contributed by atoms with Gasteiger partial charge in [0.2, 0.25) is 0 Å². The summed E-state index contributed by atoms with van der Waals surface area (Å²) >= 11 is 0. The lowest BCUT2D eigenvalue weighted by Crippen LogP contribution is -2.66. The highest BCUT2D eigenvalue weighted by Gasteiger charge is 2.73. The van der Waals surface area contributed by atoms with E-state index in [1.54, 1.807) is 6.08 Å². The number of hydrogen-bond donors (Lipinski definition) is 1. The normalized spacial score (nSPS) is 47.6. The van der Waals surface area contributed by atoms with Gasteiger partial charge in [0, 0.05) is 5.92 Å². The molecule has 1 aliphatic heterocycles. The van der Waals surface area contributed by atoms with E-state index in [0.717, 1.165) is 12.7 Å². The fraction of sp³-hybridized carbons (Fsp3) is 0.650. The smallest absolute Gasteiger partial charge is 0.315 e. The number of cyclic esters (lactones) is 1. The van der Waals surface area contributed by atoms with E-state index in [9.17, 15) is 19.5 Å². The highest BCUT2D eigenvalue weighted by atomic mass is 16.5. The first-order valence-corrected chi connectivity index (χ1v) is 8.95. The lowest BCUT2D eigenvalue weighted by molar-refractivity contribution is -0.211. The number of ether oxygens (including phenoxy) is 1. The van der Waals surface area contributed by atoms with E-state index in [2.05, 4.69) is 6.58 Å². The number of carbonyl (C=O) groups excluding carboxylic acids is 3. The Labute approximate surface area is 147 Å². The van der Waals surface area contributed by atoms with Crippen molar-refractivity contribution in [3.05, 3.63) is 24.3 Å². The third-order valence-electron chi connectivity index (χ3n) is 7.43. The number of fused-ring (bicyclic) bond motifs is 2. The Balaban J connectivity index is 1.93. The summed E-state index contributed by atoms with van der Waals surface area (Å²) in [6.45, 7) is 7.76. The Morgan fingerprint density at radius 3 is 2.68 bits per heavy atom. The van der Waals surface area contributed by atoms with Gasteiger partial charge in [-0.05, 0) is 48.2 Å². The molecule has 5 heteroatoms. The molecule has 25 heavy (non-hydrogen) atoms. The fourth-order valence-electron chi connectivity index (χ4n) is 6.14. The topological polar surface area (TPSA) is 80.7 Å². The predicted molar refractivity (Wildman–Crippen MR) is 89.3 cm³/mol. The van der Waals surface area contributed by atoms with Crippen molar-refractivity contribution in [2.75, 3.05) is 6.61 Å². The summed E-state index contributed by atoms with van der Waals surface area (Å²) in [4.78, 5) is 38.0. The molecule has 3 fully saturated rings. The molecule has 134 valence electrons. The molecule has 3 unspecified atom stereocenters. The summed E-state index contributed by atoms with van der Waals surface area (Å²) in [6, 6.07) is 0. The molecule has 2 bridgehead atoms. The van der Waals surface area contributed by atoms with E-state index < -0.39 is 40.2 Å². The van der Waals surface area contributed by atoms with Crippen LogP contribution in [0.2, 0.25) is 0 Å². The minimum Gasteiger partial charge on any atom is -0.464 e. The van der Waals surface area contributed by atoms with Crippen LogP contribution in [0.25, 0.3) is 0 Å². The van der Waals surface area contributed by atoms with Crippen LogP contribution in [-0.4, -0.2) is 35.9 Å². The van der Waals surface area contributed by atoms with Gasteiger partial charge in [0.25, 0.3) is 0 Å². The van der Waals surface area contributed by atoms with Crippen LogP contribution in [0.4, 0.5) is 0 Å². The summed E-state index contributed by atoms with van der Waals surface area (Å²) < 4.78 is 5.52. The van der Waals surface area contributed by atoms with Crippen LogP contribution in [0, 0.1) is 34.0 Å². The fourth-order valence-corrected chi connectivity index (χ4v) is 6.14. The van der Waals surface area contributed by atoms with E-state index in [1.807, 2.05) is 13.8 Å². The number of ketones is 1. The average molecular weight is 344 g/mol. The van der Waals surface area contributed by atoms with Crippen LogP contribution in [0.3, 0.4) is 0 Å². The van der Waals surface area contributed by atoms with Gasteiger partial charge in [-0.2, -0.15) is 0 Å². The zero-order chi connectivity index (χ0) is 18.2. The maximum Gasteiger partial charge on any atom is 0.315 e. The summed E-state index contributed by atoms with van der Waals surface area (Å²) in [5.41, 5.74) is -2.09. The molecule has 2 saturated carbocycles. The van der Waals surface area contributed by atoms with Gasteiger partial charge in [0.1, 0.15) is 18.3 Å². The van der Waals surface area contributed by atoms with Gasteiger partial charge >= 0.3 is 5.97 Å². The van der Waals surface area contributed by atoms with Crippen molar-refractivity contribution in [1.82, 2.24) is 0 Å². The molecule has 0 aromatic heterocycles. The van der Waals surface area contributed by atoms with Gasteiger partial charge in [-0.15, -0.1) is 0 Å². The number of rotatable bonds is 1. The first-order chi connectivity index (χ1) is 11.7. The Bertz CT molecular complexity index is 720. The number of aldehydes is 1. The predicted octanol–water partition coefficient (Wildman–Crippen LogP) is 1.84. The maximum absolute atomic E-state index is 13.1. The van der Waals surface area contributed by atoms with E-state index in [0.29, 0.717) is 18.4 Å². The minimum absolute atomic E-state index is 0.0749. The van der Waals surface area contributed by atoms with Crippen molar-refractivity contribution >= 4 is 18.0 Å². The van der Waals surface area contributed by atoms with Crippen LogP contribution in [0.5, 0.6) is 0 Å². The number of aliphatic hydroxyl groups excluding tert-OH is 1. The van der Waals surface area contributed by atoms with Crippen LogP contribution in [-0.2, 0) is 19.1 Å². The molecule has 0 amide bonds. The molecule has 0 aromatic carbocycles. The number of aliphatic hydroxyl groups is 1. The maximum atomic E-state index is 13.1. The molecule has 1 heterocycles. The Morgan fingerprint density at radius 2 is 2.00 bits per heavy atom. The van der Waals surface area contributed by atoms with Gasteiger partial charge < -0.3 is 14.6 Å². The van der Waals surface area contributed by atoms with Crippen molar-refractivity contribution < 1.29 is 24.2 Å². The SMILES string of the molecule is C=C1[C@@H]2CCC3C4(COC(=O)[C@]3(C2)[C@@H]1O)C(=O)C=CC(C)(C)C4C=O. The minimum atomic E-state index is -1.14. The molecule has 4 rings (SSSR count). The van der Waals surface area contributed by atoms with Crippen LogP contribution in [0.1, 0.15) is 33.1 Å². The van der Waals surface area contributed by atoms with Crippen molar-refractivity contribution in [3.63, 3.8) is 0 Å². The van der Waals surface area contributed by atoms with E-state index in [1.165, 1.54) is 6.08 Å². The molecule has 3 aliphatic carbocycles. The van der Waals surface area contributed by atoms with Gasteiger partial charge in [0.05, 0.1) is 11.5 Å². The average Bonchev–Trinajstić information content (AvgIpc) is 2.77. The monoisotopic (exact) mass is 344 g/mol. The zero-order valence-corrected chi connectivity index (χ0v) is 14.7. The largest absolute Gasteiger partial charge is 0.464 e. The molecule has 0 radical (unpaired) electrons. The molecular formula is C20H24O5. The number of hydrogen-bond acceptors (Lipinski definition) is 5. The van der Waals surface area contributed by atoms with Gasteiger partial charge in [-0.25, -0.2) is 0 Å². The number of carbonyl (C=O) groups is 3. The summed E-state index contributed by atoms with van der Waals surface area (Å²) in [7, 11) is 0. The molecule has 5 nitrogen and oxygen atoms in total. The van der Waals surface area contributed by atoms with Gasteiger partial charge in [-0.3, -0.25) is 9.59 Å². The second-order valence-electron chi connectivity index (χ2n) is 8.80. The highest BCUT2D eigenvalue weighted by Crippen LogP contribution is 2.67. The molecule has 1 saturated heterocycles. The molecule has 1 N–H and O–H groups in total. The molecule has 6 atom stereocenters. The van der Waals surface area contributed by atoms with E-state index in [4.69, 9.17) is 4.74 Å². The Kier molecular flexibility index (Phi) is 3.28. The summed E-state index contributed by atoms with van der Waals surface area (Å²) in [5, 5.41) is 10.9. The van der Waals surface area contributed by atoms with Crippen LogP contribution < -0.4 is 0 Å². The first-order valence-electron chi connectivity index (χ1n) is 8.95. The third kappa shape index (κ3) is 1.75.